The van der Waals surface area contributed by atoms with Crippen LogP contribution in [-0.2, 0) is 0 Å². The third kappa shape index (κ3) is 3.12. The van der Waals surface area contributed by atoms with Crippen LogP contribution in [0.25, 0.3) is 0 Å². The van der Waals surface area contributed by atoms with Gasteiger partial charge >= 0.3 is 5.69 Å². The van der Waals surface area contributed by atoms with E-state index in [0.29, 0.717) is 15.7 Å². The van der Waals surface area contributed by atoms with Gasteiger partial charge in [-0.1, -0.05) is 34.8 Å². The van der Waals surface area contributed by atoms with E-state index in [-0.39, 0.29) is 16.7 Å². The van der Waals surface area contributed by atoms with Crippen molar-refractivity contribution in [2.75, 3.05) is 5.32 Å². The van der Waals surface area contributed by atoms with Crippen molar-refractivity contribution in [2.24, 2.45) is 0 Å². The molecule has 104 valence electrons. The minimum Gasteiger partial charge on any atom is -0.333 e. The molecule has 0 spiro atoms. The molecule has 0 radical (unpaired) electrons. The summed E-state index contributed by atoms with van der Waals surface area (Å²) in [5.41, 5.74) is 1.01. The van der Waals surface area contributed by atoms with Crippen molar-refractivity contribution >= 4 is 52.0 Å². The molecule has 0 fully saturated rings. The molecule has 0 aliphatic rings. The summed E-state index contributed by atoms with van der Waals surface area (Å²) in [5.74, 6) is 0.00400. The molecule has 2 aromatic rings. The Bertz CT molecular complexity index is 692. The number of hydrogen-bond acceptors (Lipinski definition) is 4. The molecule has 0 bridgehead atoms. The summed E-state index contributed by atoms with van der Waals surface area (Å²) in [5, 5.41) is 14.7. The Balaban J connectivity index is 2.47. The van der Waals surface area contributed by atoms with Gasteiger partial charge in [0.05, 0.1) is 15.6 Å². The third-order valence-corrected chi connectivity index (χ3v) is 3.47. The Hall–Kier alpha value is -1.56. The highest BCUT2D eigenvalue weighted by Crippen LogP contribution is 2.33. The number of nitrogens with one attached hydrogen (secondary N) is 1. The number of pyridine rings is 1. The number of anilines is 2. The van der Waals surface area contributed by atoms with Crippen molar-refractivity contribution in [3.05, 3.63) is 55.1 Å². The van der Waals surface area contributed by atoms with Crippen LogP contribution in [0.5, 0.6) is 0 Å². The van der Waals surface area contributed by atoms with Crippen LogP contribution < -0.4 is 5.32 Å². The molecule has 0 saturated carbocycles. The minimum atomic E-state index is -0.560. The molecule has 1 N–H and O–H groups in total. The van der Waals surface area contributed by atoms with Gasteiger partial charge in [-0.3, -0.25) is 10.1 Å². The molecule has 5 nitrogen and oxygen atoms in total. The molecule has 0 saturated heterocycles. The monoisotopic (exact) mass is 331 g/mol. The Morgan fingerprint density at radius 1 is 1.20 bits per heavy atom. The average molecular weight is 333 g/mol. The van der Waals surface area contributed by atoms with Crippen LogP contribution in [-0.4, -0.2) is 9.91 Å². The molecule has 0 atom stereocenters. The zero-order valence-electron chi connectivity index (χ0n) is 10.2. The van der Waals surface area contributed by atoms with Crippen LogP contribution in [0, 0.1) is 17.0 Å². The van der Waals surface area contributed by atoms with Crippen LogP contribution >= 0.6 is 34.8 Å². The van der Waals surface area contributed by atoms with Gasteiger partial charge in [0.2, 0.25) is 5.82 Å². The van der Waals surface area contributed by atoms with E-state index in [0.717, 1.165) is 5.56 Å². The van der Waals surface area contributed by atoms with E-state index in [4.69, 9.17) is 34.8 Å². The Kier molecular flexibility index (Phi) is 4.32. The van der Waals surface area contributed by atoms with Crippen LogP contribution in [0.3, 0.4) is 0 Å². The summed E-state index contributed by atoms with van der Waals surface area (Å²) >= 11 is 17.8. The van der Waals surface area contributed by atoms with Crippen molar-refractivity contribution in [1.29, 1.82) is 0 Å². The number of halogens is 3. The Labute approximate surface area is 129 Å². The lowest BCUT2D eigenvalue weighted by Crippen LogP contribution is -2.00. The fourth-order valence-electron chi connectivity index (χ4n) is 1.54. The second-order valence-corrected chi connectivity index (χ2v) is 5.17. The predicted molar refractivity (Wildman–Crippen MR) is 80.4 cm³/mol. The molecule has 0 aliphatic heterocycles. The molecule has 1 aromatic heterocycles. The summed E-state index contributed by atoms with van der Waals surface area (Å²) in [6.07, 6.45) is 0. The van der Waals surface area contributed by atoms with Crippen molar-refractivity contribution in [3.8, 4) is 0 Å². The van der Waals surface area contributed by atoms with Crippen LogP contribution in [0.4, 0.5) is 17.2 Å². The molecule has 20 heavy (non-hydrogen) atoms. The molecular formula is C12H8Cl3N3O2. The first-order chi connectivity index (χ1) is 9.38. The first-order valence-corrected chi connectivity index (χ1v) is 6.55. The smallest absolute Gasteiger partial charge is 0.311 e. The zero-order valence-corrected chi connectivity index (χ0v) is 12.4. The van der Waals surface area contributed by atoms with Gasteiger partial charge in [-0.25, -0.2) is 4.98 Å². The van der Waals surface area contributed by atoms with E-state index in [9.17, 15) is 10.1 Å². The molecular weight excluding hydrogens is 325 g/mol. The maximum Gasteiger partial charge on any atom is 0.311 e. The average Bonchev–Trinajstić information content (AvgIpc) is 2.35. The van der Waals surface area contributed by atoms with E-state index in [1.54, 1.807) is 19.1 Å². The van der Waals surface area contributed by atoms with Gasteiger partial charge in [0.25, 0.3) is 0 Å². The molecule has 1 heterocycles. The van der Waals surface area contributed by atoms with Crippen molar-refractivity contribution in [1.82, 2.24) is 4.98 Å². The number of nitro groups is 1. The summed E-state index contributed by atoms with van der Waals surface area (Å²) in [6.45, 7) is 1.80. The minimum absolute atomic E-state index is 0.00400. The van der Waals surface area contributed by atoms with E-state index < -0.39 is 4.92 Å². The maximum absolute atomic E-state index is 11.0. The number of nitrogens with zero attached hydrogens (tertiary/aromatic N) is 2. The maximum atomic E-state index is 11.0. The molecule has 8 heteroatoms. The van der Waals surface area contributed by atoms with E-state index in [2.05, 4.69) is 10.3 Å². The molecule has 2 rings (SSSR count). The SMILES string of the molecule is Cc1cc(Cl)c(Nc2nc(Cl)ccc2[N+](=O)[O-])cc1Cl. The summed E-state index contributed by atoms with van der Waals surface area (Å²) in [7, 11) is 0. The van der Waals surface area contributed by atoms with Crippen molar-refractivity contribution < 1.29 is 4.92 Å². The highest BCUT2D eigenvalue weighted by Gasteiger charge is 2.17. The second kappa shape index (κ2) is 5.83. The lowest BCUT2D eigenvalue weighted by Gasteiger charge is -2.10. The molecule has 0 unspecified atom stereocenters. The first-order valence-electron chi connectivity index (χ1n) is 5.42. The highest BCUT2D eigenvalue weighted by molar-refractivity contribution is 6.36. The quantitative estimate of drug-likeness (QED) is 0.488. The molecule has 1 aromatic carbocycles. The topological polar surface area (TPSA) is 68.1 Å². The summed E-state index contributed by atoms with van der Waals surface area (Å²) in [6, 6.07) is 5.84. The van der Waals surface area contributed by atoms with E-state index >= 15 is 0 Å². The van der Waals surface area contributed by atoms with Gasteiger partial charge in [0.1, 0.15) is 5.15 Å². The van der Waals surface area contributed by atoms with E-state index in [1.807, 2.05) is 0 Å². The largest absolute Gasteiger partial charge is 0.333 e. The third-order valence-electron chi connectivity index (χ3n) is 2.54. The zero-order chi connectivity index (χ0) is 14.9. The summed E-state index contributed by atoms with van der Waals surface area (Å²) in [4.78, 5) is 14.3. The second-order valence-electron chi connectivity index (χ2n) is 3.97. The Morgan fingerprint density at radius 3 is 2.55 bits per heavy atom. The van der Waals surface area contributed by atoms with Gasteiger partial charge in [0.15, 0.2) is 0 Å². The van der Waals surface area contributed by atoms with Gasteiger partial charge in [-0.05, 0) is 30.7 Å². The van der Waals surface area contributed by atoms with Crippen molar-refractivity contribution in [3.63, 3.8) is 0 Å². The van der Waals surface area contributed by atoms with Gasteiger partial charge < -0.3 is 5.32 Å². The van der Waals surface area contributed by atoms with Gasteiger partial charge in [-0.15, -0.1) is 0 Å². The van der Waals surface area contributed by atoms with Gasteiger partial charge in [-0.2, -0.15) is 0 Å². The fourth-order valence-corrected chi connectivity index (χ4v) is 2.11. The fraction of sp³-hybridized carbons (Fsp3) is 0.0833. The van der Waals surface area contributed by atoms with Crippen molar-refractivity contribution in [2.45, 2.75) is 6.92 Å². The number of hydrogen-bond donors (Lipinski definition) is 1. The normalized spacial score (nSPS) is 10.4. The van der Waals surface area contributed by atoms with Crippen LogP contribution in [0.15, 0.2) is 24.3 Å². The lowest BCUT2D eigenvalue weighted by molar-refractivity contribution is -0.384. The number of aromatic nitrogens is 1. The van der Waals surface area contributed by atoms with Crippen LogP contribution in [0.1, 0.15) is 5.56 Å². The molecule has 0 amide bonds. The number of benzene rings is 1. The van der Waals surface area contributed by atoms with Crippen LogP contribution in [0.2, 0.25) is 15.2 Å². The first kappa shape index (κ1) is 14.8. The Morgan fingerprint density at radius 2 is 1.90 bits per heavy atom. The van der Waals surface area contributed by atoms with E-state index in [1.165, 1.54) is 12.1 Å². The lowest BCUT2D eigenvalue weighted by atomic mass is 10.2. The molecule has 0 aliphatic carbocycles. The predicted octanol–water partition coefficient (Wildman–Crippen LogP) is 5.00. The standard InChI is InChI=1S/C12H8Cl3N3O2/c1-6-4-8(14)9(5-7(6)13)16-12-10(18(19)20)2-3-11(15)17-12/h2-5H,1H3,(H,16,17). The highest BCUT2D eigenvalue weighted by atomic mass is 35.5. The number of rotatable bonds is 3. The summed E-state index contributed by atoms with van der Waals surface area (Å²) < 4.78 is 0. The number of aryl methyl sites for hydroxylation is 1. The van der Waals surface area contributed by atoms with Gasteiger partial charge in [0, 0.05) is 11.1 Å².